The topological polar surface area (TPSA) is 39.1 Å². The summed E-state index contributed by atoms with van der Waals surface area (Å²) in [7, 11) is 0. The third-order valence-corrected chi connectivity index (χ3v) is 1.87. The number of aromatic nitrogens is 2. The summed E-state index contributed by atoms with van der Waals surface area (Å²) < 4.78 is 2.00. The third kappa shape index (κ3) is 4.44. The average Bonchev–Trinajstić information content (AvgIpc) is 2.51. The Labute approximate surface area is 91.6 Å². The number of rotatable bonds is 5. The predicted octanol–water partition coefficient (Wildman–Crippen LogP) is 2.11. The molecule has 4 heteroatoms. The lowest BCUT2D eigenvalue weighted by molar-refractivity contribution is -0.0765. The van der Waals surface area contributed by atoms with Crippen molar-refractivity contribution in [1.82, 2.24) is 15.3 Å². The SMILES string of the molecule is CCCn1nccc1CNOC(C)(C)C. The monoisotopic (exact) mass is 211 g/mol. The maximum absolute atomic E-state index is 5.44. The molecule has 1 N–H and O–H groups in total. The van der Waals surface area contributed by atoms with E-state index in [9.17, 15) is 0 Å². The Bertz CT molecular complexity index is 288. The fraction of sp³-hybridized carbons (Fsp3) is 0.727. The molecule has 0 spiro atoms. The molecule has 0 atom stereocenters. The molecule has 0 amide bonds. The lowest BCUT2D eigenvalue weighted by atomic mass is 10.2. The molecule has 0 saturated heterocycles. The summed E-state index contributed by atoms with van der Waals surface area (Å²) in [5, 5.41) is 4.24. The zero-order chi connectivity index (χ0) is 11.3. The van der Waals surface area contributed by atoms with Gasteiger partial charge in [-0.25, -0.2) is 0 Å². The molecule has 0 aliphatic heterocycles. The Morgan fingerprint density at radius 1 is 1.47 bits per heavy atom. The fourth-order valence-corrected chi connectivity index (χ4v) is 1.25. The van der Waals surface area contributed by atoms with Crippen molar-refractivity contribution in [1.29, 1.82) is 0 Å². The number of nitrogens with zero attached hydrogens (tertiary/aromatic N) is 2. The van der Waals surface area contributed by atoms with Crippen LogP contribution in [0.1, 0.15) is 39.8 Å². The van der Waals surface area contributed by atoms with Crippen molar-refractivity contribution in [3.05, 3.63) is 18.0 Å². The molecule has 86 valence electrons. The predicted molar refractivity (Wildman–Crippen MR) is 60.2 cm³/mol. The van der Waals surface area contributed by atoms with Gasteiger partial charge in [-0.05, 0) is 33.3 Å². The van der Waals surface area contributed by atoms with E-state index in [1.165, 1.54) is 0 Å². The molecule has 0 radical (unpaired) electrons. The van der Waals surface area contributed by atoms with Crippen molar-refractivity contribution >= 4 is 0 Å². The molecular formula is C11H21N3O. The number of hydroxylamine groups is 1. The summed E-state index contributed by atoms with van der Waals surface area (Å²) in [5.41, 5.74) is 3.96. The first-order chi connectivity index (χ1) is 7.03. The van der Waals surface area contributed by atoms with Gasteiger partial charge >= 0.3 is 0 Å². The second kappa shape index (κ2) is 5.28. The molecule has 1 aromatic rings. The van der Waals surface area contributed by atoms with E-state index in [-0.39, 0.29) is 5.60 Å². The zero-order valence-electron chi connectivity index (χ0n) is 10.1. The van der Waals surface area contributed by atoms with Crippen LogP contribution in [0.25, 0.3) is 0 Å². The average molecular weight is 211 g/mol. The molecule has 0 saturated carbocycles. The lowest BCUT2D eigenvalue weighted by Crippen LogP contribution is -2.29. The first-order valence-corrected chi connectivity index (χ1v) is 5.44. The van der Waals surface area contributed by atoms with Gasteiger partial charge in [-0.1, -0.05) is 6.92 Å². The van der Waals surface area contributed by atoms with Gasteiger partial charge < -0.3 is 0 Å². The smallest absolute Gasteiger partial charge is 0.0813 e. The molecule has 4 nitrogen and oxygen atoms in total. The molecule has 0 aromatic carbocycles. The normalized spacial score (nSPS) is 12.0. The summed E-state index contributed by atoms with van der Waals surface area (Å²) in [5.74, 6) is 0. The van der Waals surface area contributed by atoms with Crippen LogP contribution in [0.15, 0.2) is 12.3 Å². The van der Waals surface area contributed by atoms with Crippen LogP contribution in [-0.2, 0) is 17.9 Å². The van der Waals surface area contributed by atoms with Gasteiger partial charge in [0.1, 0.15) is 0 Å². The van der Waals surface area contributed by atoms with Gasteiger partial charge in [0.2, 0.25) is 0 Å². The van der Waals surface area contributed by atoms with Crippen LogP contribution >= 0.6 is 0 Å². The summed E-state index contributed by atoms with van der Waals surface area (Å²) in [6.45, 7) is 9.84. The Balaban J connectivity index is 2.40. The number of hydrogen-bond acceptors (Lipinski definition) is 3. The number of nitrogens with one attached hydrogen (secondary N) is 1. The Hall–Kier alpha value is -0.870. The van der Waals surface area contributed by atoms with Crippen LogP contribution in [0.5, 0.6) is 0 Å². The second-order valence-electron chi connectivity index (χ2n) is 4.58. The molecule has 0 fully saturated rings. The lowest BCUT2D eigenvalue weighted by Gasteiger charge is -2.19. The minimum Gasteiger partial charge on any atom is -0.296 e. The molecule has 0 unspecified atom stereocenters. The molecule has 0 bridgehead atoms. The van der Waals surface area contributed by atoms with E-state index in [1.54, 1.807) is 0 Å². The van der Waals surface area contributed by atoms with Gasteiger partial charge in [-0.15, -0.1) is 0 Å². The minimum absolute atomic E-state index is 0.157. The first kappa shape index (κ1) is 12.2. The van der Waals surface area contributed by atoms with Crippen LogP contribution in [0, 0.1) is 0 Å². The molecule has 1 rings (SSSR count). The van der Waals surface area contributed by atoms with Crippen LogP contribution in [0.4, 0.5) is 0 Å². The molecule has 0 aliphatic rings. The highest BCUT2D eigenvalue weighted by Gasteiger charge is 2.10. The first-order valence-electron chi connectivity index (χ1n) is 5.44. The van der Waals surface area contributed by atoms with Crippen LogP contribution in [0.3, 0.4) is 0 Å². The standard InChI is InChI=1S/C11H21N3O/c1-5-8-14-10(6-7-12-14)9-13-15-11(2,3)4/h6-7,13H,5,8-9H2,1-4H3. The highest BCUT2D eigenvalue weighted by molar-refractivity contribution is 4.99. The van der Waals surface area contributed by atoms with E-state index in [0.29, 0.717) is 6.54 Å². The van der Waals surface area contributed by atoms with E-state index < -0.39 is 0 Å². The van der Waals surface area contributed by atoms with Crippen LogP contribution < -0.4 is 5.48 Å². The minimum atomic E-state index is -0.157. The van der Waals surface area contributed by atoms with Crippen molar-refractivity contribution in [2.24, 2.45) is 0 Å². The summed E-state index contributed by atoms with van der Waals surface area (Å²) in [6.07, 6.45) is 2.92. The van der Waals surface area contributed by atoms with E-state index in [2.05, 4.69) is 17.5 Å². The molecule has 15 heavy (non-hydrogen) atoms. The van der Waals surface area contributed by atoms with Gasteiger partial charge in [0.25, 0.3) is 0 Å². The second-order valence-corrected chi connectivity index (χ2v) is 4.58. The Morgan fingerprint density at radius 2 is 2.20 bits per heavy atom. The molecule has 0 aliphatic carbocycles. The van der Waals surface area contributed by atoms with Crippen LogP contribution in [-0.4, -0.2) is 15.4 Å². The van der Waals surface area contributed by atoms with E-state index in [4.69, 9.17) is 4.84 Å². The summed E-state index contributed by atoms with van der Waals surface area (Å²) in [4.78, 5) is 5.44. The van der Waals surface area contributed by atoms with E-state index in [0.717, 1.165) is 18.7 Å². The summed E-state index contributed by atoms with van der Waals surface area (Å²) in [6, 6.07) is 2.01. The van der Waals surface area contributed by atoms with Crippen molar-refractivity contribution in [3.8, 4) is 0 Å². The van der Waals surface area contributed by atoms with Crippen LogP contribution in [0.2, 0.25) is 0 Å². The van der Waals surface area contributed by atoms with Crippen molar-refractivity contribution < 1.29 is 4.84 Å². The van der Waals surface area contributed by atoms with Crippen molar-refractivity contribution in [3.63, 3.8) is 0 Å². The maximum atomic E-state index is 5.44. The summed E-state index contributed by atoms with van der Waals surface area (Å²) >= 11 is 0. The van der Waals surface area contributed by atoms with Crippen molar-refractivity contribution in [2.75, 3.05) is 0 Å². The highest BCUT2D eigenvalue weighted by Crippen LogP contribution is 2.05. The maximum Gasteiger partial charge on any atom is 0.0813 e. The Kier molecular flexibility index (Phi) is 4.29. The van der Waals surface area contributed by atoms with Gasteiger partial charge in [0, 0.05) is 12.7 Å². The van der Waals surface area contributed by atoms with Crippen molar-refractivity contribution in [2.45, 2.75) is 52.8 Å². The van der Waals surface area contributed by atoms with Gasteiger partial charge in [-0.2, -0.15) is 10.6 Å². The zero-order valence-corrected chi connectivity index (χ0v) is 10.1. The third-order valence-electron chi connectivity index (χ3n) is 1.87. The van der Waals surface area contributed by atoms with Gasteiger partial charge in [0.05, 0.1) is 17.8 Å². The number of aryl methyl sites for hydroxylation is 1. The van der Waals surface area contributed by atoms with Gasteiger partial charge in [0.15, 0.2) is 0 Å². The Morgan fingerprint density at radius 3 is 2.80 bits per heavy atom. The quantitative estimate of drug-likeness (QED) is 0.758. The van der Waals surface area contributed by atoms with Gasteiger partial charge in [-0.3, -0.25) is 9.52 Å². The fourth-order valence-electron chi connectivity index (χ4n) is 1.25. The van der Waals surface area contributed by atoms with E-state index >= 15 is 0 Å². The highest BCUT2D eigenvalue weighted by atomic mass is 16.7. The molecular weight excluding hydrogens is 190 g/mol. The largest absolute Gasteiger partial charge is 0.296 e. The molecule has 1 heterocycles. The van der Waals surface area contributed by atoms with E-state index in [1.807, 2.05) is 37.7 Å². The number of hydrogen-bond donors (Lipinski definition) is 1. The molecule has 1 aromatic heterocycles.